The van der Waals surface area contributed by atoms with Gasteiger partial charge in [-0.05, 0) is 43.8 Å². The number of hydrogen-bond acceptors (Lipinski definition) is 6. The molecular formula is C21H24ClN5O4. The topological polar surface area (TPSA) is 108 Å². The molecule has 0 aromatic heterocycles. The first kappa shape index (κ1) is 22.5. The van der Waals surface area contributed by atoms with Crippen molar-refractivity contribution in [3.63, 3.8) is 0 Å². The van der Waals surface area contributed by atoms with Crippen molar-refractivity contribution < 1.29 is 14.5 Å². The van der Waals surface area contributed by atoms with Crippen LogP contribution in [0.3, 0.4) is 0 Å². The molecule has 10 heteroatoms. The second kappa shape index (κ2) is 9.76. The Hall–Kier alpha value is -3.17. The van der Waals surface area contributed by atoms with Crippen LogP contribution in [0.5, 0.6) is 0 Å². The number of nitrogens with zero attached hydrogens (tertiary/aromatic N) is 3. The highest BCUT2D eigenvalue weighted by Crippen LogP contribution is 2.30. The van der Waals surface area contributed by atoms with Gasteiger partial charge in [-0.15, -0.1) is 0 Å². The van der Waals surface area contributed by atoms with E-state index in [1.807, 2.05) is 11.9 Å². The van der Waals surface area contributed by atoms with E-state index in [0.717, 1.165) is 18.7 Å². The number of halogens is 1. The van der Waals surface area contributed by atoms with Crippen LogP contribution in [-0.2, 0) is 4.79 Å². The zero-order valence-electron chi connectivity index (χ0n) is 17.4. The SMILES string of the molecule is Cc1c(Cl)cccc1NC(=O)CNC(=O)c1ccc(N2CCN(C)CC2)c([N+](=O)[O-])c1. The summed E-state index contributed by atoms with van der Waals surface area (Å²) in [6, 6.07) is 9.52. The van der Waals surface area contributed by atoms with Crippen molar-refractivity contribution in [1.82, 2.24) is 10.2 Å². The third-order valence-electron chi connectivity index (χ3n) is 5.23. The number of piperazine rings is 1. The molecule has 1 heterocycles. The Morgan fingerprint density at radius 2 is 1.87 bits per heavy atom. The van der Waals surface area contributed by atoms with Gasteiger partial charge in [-0.25, -0.2) is 0 Å². The number of likely N-dealkylation sites (N-methyl/N-ethyl adjacent to an activating group) is 1. The monoisotopic (exact) mass is 445 g/mol. The van der Waals surface area contributed by atoms with Crippen LogP contribution in [0.15, 0.2) is 36.4 Å². The lowest BCUT2D eigenvalue weighted by atomic mass is 10.1. The molecule has 2 N–H and O–H groups in total. The molecule has 0 unspecified atom stereocenters. The molecular weight excluding hydrogens is 422 g/mol. The smallest absolute Gasteiger partial charge is 0.293 e. The fourth-order valence-electron chi connectivity index (χ4n) is 3.33. The van der Waals surface area contributed by atoms with Gasteiger partial charge in [0.15, 0.2) is 0 Å². The van der Waals surface area contributed by atoms with E-state index in [1.165, 1.54) is 12.1 Å². The fourth-order valence-corrected chi connectivity index (χ4v) is 3.50. The van der Waals surface area contributed by atoms with Gasteiger partial charge in [0.05, 0.1) is 11.5 Å². The Morgan fingerprint density at radius 1 is 1.16 bits per heavy atom. The lowest BCUT2D eigenvalue weighted by Gasteiger charge is -2.33. The quantitative estimate of drug-likeness (QED) is 0.522. The minimum Gasteiger partial charge on any atom is -0.363 e. The first-order valence-corrected chi connectivity index (χ1v) is 10.2. The molecule has 0 bridgehead atoms. The number of rotatable bonds is 6. The van der Waals surface area contributed by atoms with Crippen LogP contribution < -0.4 is 15.5 Å². The summed E-state index contributed by atoms with van der Waals surface area (Å²) in [5, 5.41) is 17.3. The Kier molecular flexibility index (Phi) is 7.09. The molecule has 1 saturated heterocycles. The van der Waals surface area contributed by atoms with Crippen LogP contribution >= 0.6 is 11.6 Å². The highest BCUT2D eigenvalue weighted by Gasteiger charge is 2.24. The van der Waals surface area contributed by atoms with Gasteiger partial charge in [0.2, 0.25) is 5.91 Å². The molecule has 2 aromatic rings. The van der Waals surface area contributed by atoms with Crippen LogP contribution in [-0.4, -0.2) is 61.4 Å². The average Bonchev–Trinajstić information content (AvgIpc) is 2.75. The summed E-state index contributed by atoms with van der Waals surface area (Å²) in [5.74, 6) is -0.992. The summed E-state index contributed by atoms with van der Waals surface area (Å²) in [6.45, 7) is 4.45. The van der Waals surface area contributed by atoms with Gasteiger partial charge in [-0.2, -0.15) is 0 Å². The molecule has 2 amide bonds. The molecule has 1 aliphatic heterocycles. The number of hydrogen-bond donors (Lipinski definition) is 2. The van der Waals surface area contributed by atoms with E-state index >= 15 is 0 Å². The number of nitro benzene ring substituents is 1. The van der Waals surface area contributed by atoms with E-state index < -0.39 is 16.7 Å². The van der Waals surface area contributed by atoms with E-state index in [9.17, 15) is 19.7 Å². The van der Waals surface area contributed by atoms with Crippen LogP contribution in [0.2, 0.25) is 5.02 Å². The van der Waals surface area contributed by atoms with Crippen molar-refractivity contribution >= 4 is 40.5 Å². The van der Waals surface area contributed by atoms with Crippen LogP contribution in [0, 0.1) is 17.0 Å². The molecule has 3 rings (SSSR count). The van der Waals surface area contributed by atoms with Gasteiger partial charge >= 0.3 is 0 Å². The second-order valence-corrected chi connectivity index (χ2v) is 7.80. The second-order valence-electron chi connectivity index (χ2n) is 7.39. The Balaban J connectivity index is 1.66. The molecule has 1 aliphatic rings. The Bertz CT molecular complexity index is 1010. The summed E-state index contributed by atoms with van der Waals surface area (Å²) >= 11 is 6.04. The van der Waals surface area contributed by atoms with E-state index in [1.54, 1.807) is 31.2 Å². The summed E-state index contributed by atoms with van der Waals surface area (Å²) in [7, 11) is 2.00. The predicted molar refractivity (Wildman–Crippen MR) is 120 cm³/mol. The van der Waals surface area contributed by atoms with E-state index in [-0.39, 0.29) is 17.8 Å². The third-order valence-corrected chi connectivity index (χ3v) is 5.64. The van der Waals surface area contributed by atoms with Crippen molar-refractivity contribution in [1.29, 1.82) is 0 Å². The summed E-state index contributed by atoms with van der Waals surface area (Å²) in [5.41, 5.74) is 1.76. The van der Waals surface area contributed by atoms with Crippen molar-refractivity contribution in [2.24, 2.45) is 0 Å². The van der Waals surface area contributed by atoms with Gasteiger partial charge < -0.3 is 20.4 Å². The molecule has 1 fully saturated rings. The lowest BCUT2D eigenvalue weighted by molar-refractivity contribution is -0.384. The van der Waals surface area contributed by atoms with Crippen molar-refractivity contribution in [2.45, 2.75) is 6.92 Å². The zero-order valence-corrected chi connectivity index (χ0v) is 18.1. The number of carbonyl (C=O) groups is 2. The van der Waals surface area contributed by atoms with Crippen molar-refractivity contribution in [3.8, 4) is 0 Å². The number of nitro groups is 1. The minimum absolute atomic E-state index is 0.122. The maximum absolute atomic E-state index is 12.5. The van der Waals surface area contributed by atoms with E-state index in [0.29, 0.717) is 29.5 Å². The van der Waals surface area contributed by atoms with E-state index in [4.69, 9.17) is 11.6 Å². The molecule has 0 spiro atoms. The maximum Gasteiger partial charge on any atom is 0.293 e. The fraction of sp³-hybridized carbons (Fsp3) is 0.333. The van der Waals surface area contributed by atoms with Gasteiger partial charge in [0, 0.05) is 48.5 Å². The van der Waals surface area contributed by atoms with Crippen LogP contribution in [0.1, 0.15) is 15.9 Å². The first-order chi connectivity index (χ1) is 14.8. The normalized spacial score (nSPS) is 14.2. The number of benzene rings is 2. The number of nitrogens with one attached hydrogen (secondary N) is 2. The number of carbonyl (C=O) groups excluding carboxylic acids is 2. The molecule has 2 aromatic carbocycles. The maximum atomic E-state index is 12.5. The molecule has 164 valence electrons. The summed E-state index contributed by atoms with van der Waals surface area (Å²) < 4.78 is 0. The predicted octanol–water partition coefficient (Wildman–Crippen LogP) is 2.68. The average molecular weight is 446 g/mol. The van der Waals surface area contributed by atoms with Gasteiger partial charge in [0.1, 0.15) is 5.69 Å². The Morgan fingerprint density at radius 3 is 2.55 bits per heavy atom. The highest BCUT2D eigenvalue weighted by atomic mass is 35.5. The van der Waals surface area contributed by atoms with E-state index in [2.05, 4.69) is 15.5 Å². The van der Waals surface area contributed by atoms with Gasteiger partial charge in [-0.3, -0.25) is 19.7 Å². The largest absolute Gasteiger partial charge is 0.363 e. The molecule has 31 heavy (non-hydrogen) atoms. The molecule has 9 nitrogen and oxygen atoms in total. The highest BCUT2D eigenvalue weighted by molar-refractivity contribution is 6.31. The van der Waals surface area contributed by atoms with Crippen molar-refractivity contribution in [3.05, 3.63) is 62.7 Å². The molecule has 0 atom stereocenters. The number of anilines is 2. The summed E-state index contributed by atoms with van der Waals surface area (Å²) in [4.78, 5) is 39.9. The third kappa shape index (κ3) is 5.50. The number of amides is 2. The van der Waals surface area contributed by atoms with Crippen LogP contribution in [0.4, 0.5) is 17.1 Å². The minimum atomic E-state index is -0.564. The van der Waals surface area contributed by atoms with Gasteiger partial charge in [-0.1, -0.05) is 17.7 Å². The summed E-state index contributed by atoms with van der Waals surface area (Å²) in [6.07, 6.45) is 0. The zero-order chi connectivity index (χ0) is 22.5. The van der Waals surface area contributed by atoms with Gasteiger partial charge in [0.25, 0.3) is 11.6 Å². The lowest BCUT2D eigenvalue weighted by Crippen LogP contribution is -2.44. The first-order valence-electron chi connectivity index (χ1n) is 9.81. The molecule has 0 saturated carbocycles. The molecule has 0 aliphatic carbocycles. The molecule has 0 radical (unpaired) electrons. The van der Waals surface area contributed by atoms with Crippen LogP contribution in [0.25, 0.3) is 0 Å². The Labute approximate surface area is 185 Å². The standard InChI is InChI=1S/C21H24ClN5O4/c1-14-16(22)4-3-5-17(14)24-20(28)13-23-21(29)15-6-7-18(19(12-15)27(30)31)26-10-8-25(2)9-11-26/h3-7,12H,8-11,13H2,1-2H3,(H,23,29)(H,24,28). The van der Waals surface area contributed by atoms with Crippen molar-refractivity contribution in [2.75, 3.05) is 50.0 Å².